The summed E-state index contributed by atoms with van der Waals surface area (Å²) in [6, 6.07) is 19.5. The molecule has 0 saturated heterocycles. The van der Waals surface area contributed by atoms with Gasteiger partial charge in [-0.2, -0.15) is 0 Å². The number of ether oxygens (including phenoxy) is 1. The normalized spacial score (nSPS) is 11.8. The molecule has 0 aliphatic carbocycles. The minimum atomic E-state index is 0.586. The van der Waals surface area contributed by atoms with Gasteiger partial charge >= 0.3 is 0 Å². The Hall–Kier alpha value is -2.00. The molecule has 0 saturated carbocycles. The summed E-state index contributed by atoms with van der Waals surface area (Å²) in [5.41, 5.74) is 0.879. The van der Waals surface area contributed by atoms with Crippen LogP contribution in [0.2, 0.25) is 0 Å². The molecule has 0 bridgehead atoms. The Morgan fingerprint density at radius 2 is 1.70 bits per heavy atom. The van der Waals surface area contributed by atoms with Crippen LogP contribution in [-0.2, 0) is 0 Å². The lowest BCUT2D eigenvalue weighted by molar-refractivity contribution is 0.556. The molecule has 0 amide bonds. The first kappa shape index (κ1) is 14.4. The maximum atomic E-state index is 5.81. The fourth-order valence-corrected chi connectivity index (χ4v) is 1.94. The van der Waals surface area contributed by atoms with Crippen LogP contribution in [0.4, 0.5) is 5.69 Å². The number of rotatable bonds is 5. The number of hydrogen-bond acceptors (Lipinski definition) is 3. The molecule has 3 heteroatoms. The van der Waals surface area contributed by atoms with Crippen molar-refractivity contribution in [3.05, 3.63) is 72.1 Å². The average molecular weight is 283 g/mol. The second-order valence-electron chi connectivity index (χ2n) is 3.96. The SMILES string of the molecule is CCS/C=C/C(=Nc1ccccc1)Oc1ccccc1. The summed E-state index contributed by atoms with van der Waals surface area (Å²) in [6.07, 6.45) is 1.90. The van der Waals surface area contributed by atoms with Gasteiger partial charge in [-0.3, -0.25) is 0 Å². The van der Waals surface area contributed by atoms with E-state index in [9.17, 15) is 0 Å². The van der Waals surface area contributed by atoms with Gasteiger partial charge in [0, 0.05) is 6.08 Å². The zero-order chi connectivity index (χ0) is 14.0. The first-order valence-electron chi connectivity index (χ1n) is 6.53. The van der Waals surface area contributed by atoms with Crippen LogP contribution >= 0.6 is 11.8 Å². The summed E-state index contributed by atoms with van der Waals surface area (Å²) in [4.78, 5) is 4.52. The Kier molecular flexibility index (Phi) is 5.93. The highest BCUT2D eigenvalue weighted by atomic mass is 32.2. The van der Waals surface area contributed by atoms with Crippen LogP contribution in [-0.4, -0.2) is 11.7 Å². The van der Waals surface area contributed by atoms with Crippen LogP contribution in [0.3, 0.4) is 0 Å². The second kappa shape index (κ2) is 8.23. The number of aliphatic imine (C=N–C) groups is 1. The first-order valence-corrected chi connectivity index (χ1v) is 7.58. The van der Waals surface area contributed by atoms with Gasteiger partial charge in [-0.1, -0.05) is 43.3 Å². The molecule has 0 spiro atoms. The molecule has 0 aromatic heterocycles. The molecular weight excluding hydrogens is 266 g/mol. The Bertz CT molecular complexity index is 564. The van der Waals surface area contributed by atoms with Gasteiger partial charge in [0.05, 0.1) is 5.69 Å². The van der Waals surface area contributed by atoms with E-state index in [2.05, 4.69) is 11.9 Å². The molecule has 102 valence electrons. The van der Waals surface area contributed by atoms with Gasteiger partial charge in [-0.05, 0) is 35.4 Å². The molecule has 0 fully saturated rings. The van der Waals surface area contributed by atoms with Crippen LogP contribution < -0.4 is 4.74 Å². The third-order valence-electron chi connectivity index (χ3n) is 2.43. The number of nitrogens with zero attached hydrogens (tertiary/aromatic N) is 1. The minimum absolute atomic E-state index is 0.586. The summed E-state index contributed by atoms with van der Waals surface area (Å²) in [5, 5.41) is 2.00. The summed E-state index contributed by atoms with van der Waals surface area (Å²) in [6.45, 7) is 2.11. The lowest BCUT2D eigenvalue weighted by Crippen LogP contribution is -2.04. The van der Waals surface area contributed by atoms with E-state index in [4.69, 9.17) is 4.74 Å². The van der Waals surface area contributed by atoms with Crippen molar-refractivity contribution in [3.63, 3.8) is 0 Å². The van der Waals surface area contributed by atoms with Crippen LogP contribution in [0.25, 0.3) is 0 Å². The maximum absolute atomic E-state index is 5.81. The van der Waals surface area contributed by atoms with Crippen molar-refractivity contribution in [1.29, 1.82) is 0 Å². The van der Waals surface area contributed by atoms with Crippen LogP contribution in [0.15, 0.2) is 77.1 Å². The molecule has 0 heterocycles. The summed E-state index contributed by atoms with van der Waals surface area (Å²) < 4.78 is 5.81. The quantitative estimate of drug-likeness (QED) is 0.565. The molecule has 2 rings (SSSR count). The van der Waals surface area contributed by atoms with E-state index in [1.165, 1.54) is 0 Å². The van der Waals surface area contributed by atoms with Gasteiger partial charge < -0.3 is 4.74 Å². The van der Waals surface area contributed by atoms with Crippen LogP contribution in [0.1, 0.15) is 6.92 Å². The van der Waals surface area contributed by atoms with E-state index in [0.717, 1.165) is 17.2 Å². The topological polar surface area (TPSA) is 21.6 Å². The van der Waals surface area contributed by atoms with E-state index in [0.29, 0.717) is 5.90 Å². The zero-order valence-electron chi connectivity index (χ0n) is 11.4. The summed E-state index contributed by atoms with van der Waals surface area (Å²) >= 11 is 1.72. The smallest absolute Gasteiger partial charge is 0.220 e. The zero-order valence-corrected chi connectivity index (χ0v) is 12.2. The van der Waals surface area contributed by atoms with Gasteiger partial charge in [-0.25, -0.2) is 4.99 Å². The molecule has 2 aromatic rings. The standard InChI is InChI=1S/C17H17NOS/c1-2-20-14-13-17(18-15-9-5-3-6-10-15)19-16-11-7-4-8-12-16/h3-14H,2H2,1H3/b14-13+,18-17?. The van der Waals surface area contributed by atoms with E-state index >= 15 is 0 Å². The van der Waals surface area contributed by atoms with Gasteiger partial charge in [0.25, 0.3) is 0 Å². The first-order chi connectivity index (χ1) is 9.88. The summed E-state index contributed by atoms with van der Waals surface area (Å²) in [5.74, 6) is 2.40. The second-order valence-corrected chi connectivity index (χ2v) is 5.14. The number of para-hydroxylation sites is 2. The summed E-state index contributed by atoms with van der Waals surface area (Å²) in [7, 11) is 0. The van der Waals surface area contributed by atoms with Crippen molar-refractivity contribution in [2.75, 3.05) is 5.75 Å². The molecular formula is C17H17NOS. The predicted molar refractivity (Wildman–Crippen MR) is 87.9 cm³/mol. The van der Waals surface area contributed by atoms with E-state index in [-0.39, 0.29) is 0 Å². The lowest BCUT2D eigenvalue weighted by Gasteiger charge is -2.05. The van der Waals surface area contributed by atoms with Crippen molar-refractivity contribution >= 4 is 23.3 Å². The van der Waals surface area contributed by atoms with Crippen LogP contribution in [0.5, 0.6) is 5.75 Å². The molecule has 0 unspecified atom stereocenters. The predicted octanol–water partition coefficient (Wildman–Crippen LogP) is 5.06. The molecule has 2 aromatic carbocycles. The molecule has 0 atom stereocenters. The highest BCUT2D eigenvalue weighted by molar-refractivity contribution is 8.02. The third kappa shape index (κ3) is 4.94. The molecule has 20 heavy (non-hydrogen) atoms. The molecule has 0 aliphatic heterocycles. The van der Waals surface area contributed by atoms with Gasteiger partial charge in [-0.15, -0.1) is 11.8 Å². The monoisotopic (exact) mass is 283 g/mol. The van der Waals surface area contributed by atoms with Crippen molar-refractivity contribution in [2.45, 2.75) is 6.92 Å². The highest BCUT2D eigenvalue weighted by Gasteiger charge is 1.99. The fourth-order valence-electron chi connectivity index (χ4n) is 1.54. The average Bonchev–Trinajstić information content (AvgIpc) is 2.49. The van der Waals surface area contributed by atoms with Crippen molar-refractivity contribution in [1.82, 2.24) is 0 Å². The van der Waals surface area contributed by atoms with Gasteiger partial charge in [0.2, 0.25) is 5.90 Å². The lowest BCUT2D eigenvalue weighted by atomic mass is 10.3. The number of hydrogen-bond donors (Lipinski definition) is 0. The Morgan fingerprint density at radius 1 is 1.05 bits per heavy atom. The molecule has 0 aliphatic rings. The van der Waals surface area contributed by atoms with Crippen LogP contribution in [0, 0.1) is 0 Å². The van der Waals surface area contributed by atoms with Crippen molar-refractivity contribution < 1.29 is 4.74 Å². The Labute approximate surface area is 124 Å². The van der Waals surface area contributed by atoms with Gasteiger partial charge in [0.1, 0.15) is 5.75 Å². The van der Waals surface area contributed by atoms with Crippen molar-refractivity contribution in [3.8, 4) is 5.75 Å². The largest absolute Gasteiger partial charge is 0.439 e. The van der Waals surface area contributed by atoms with E-state index < -0.39 is 0 Å². The van der Waals surface area contributed by atoms with Gasteiger partial charge in [0.15, 0.2) is 0 Å². The highest BCUT2D eigenvalue weighted by Crippen LogP contribution is 2.15. The molecule has 0 N–H and O–H groups in total. The van der Waals surface area contributed by atoms with E-state index in [1.807, 2.05) is 72.1 Å². The Morgan fingerprint density at radius 3 is 2.35 bits per heavy atom. The fraction of sp³-hybridized carbons (Fsp3) is 0.118. The Balaban J connectivity index is 2.18. The number of benzene rings is 2. The minimum Gasteiger partial charge on any atom is -0.439 e. The van der Waals surface area contributed by atoms with E-state index in [1.54, 1.807) is 11.8 Å². The molecule has 2 nitrogen and oxygen atoms in total. The molecule has 0 radical (unpaired) electrons. The third-order valence-corrected chi connectivity index (χ3v) is 3.10. The maximum Gasteiger partial charge on any atom is 0.220 e. The number of thioether (sulfide) groups is 1. The van der Waals surface area contributed by atoms with Crippen molar-refractivity contribution in [2.24, 2.45) is 4.99 Å².